The first-order valence-corrected chi connectivity index (χ1v) is 6.16. The number of likely N-dealkylation sites (N-methyl/N-ethyl adjacent to an activating group) is 1. The Balaban J connectivity index is 2.01. The molecule has 1 aliphatic heterocycles. The van der Waals surface area contributed by atoms with E-state index in [1.54, 1.807) is 7.05 Å². The van der Waals surface area contributed by atoms with E-state index in [0.717, 1.165) is 13.1 Å². The van der Waals surface area contributed by atoms with Crippen LogP contribution in [0.3, 0.4) is 0 Å². The normalized spacial score (nSPS) is 20.9. The molecule has 8 heteroatoms. The van der Waals surface area contributed by atoms with E-state index in [1.807, 2.05) is 6.92 Å². The number of amides is 1. The van der Waals surface area contributed by atoms with Crippen molar-refractivity contribution in [3.05, 3.63) is 5.82 Å². The Morgan fingerprint density at radius 2 is 2.44 bits per heavy atom. The molecule has 1 saturated heterocycles. The van der Waals surface area contributed by atoms with Gasteiger partial charge in [-0.1, -0.05) is 0 Å². The molecule has 2 rings (SSSR count). The Morgan fingerprint density at radius 3 is 3.11 bits per heavy atom. The topological polar surface area (TPSA) is 88.0 Å². The molecule has 1 unspecified atom stereocenters. The van der Waals surface area contributed by atoms with Gasteiger partial charge in [0, 0.05) is 26.2 Å². The molecule has 2 heterocycles. The van der Waals surface area contributed by atoms with Crippen molar-refractivity contribution >= 4 is 5.91 Å². The summed E-state index contributed by atoms with van der Waals surface area (Å²) in [5.41, 5.74) is 0. The average Bonchev–Trinajstić information content (AvgIpc) is 2.76. The number of rotatable bonds is 4. The Morgan fingerprint density at radius 1 is 1.61 bits per heavy atom. The molecule has 1 atom stereocenters. The zero-order valence-corrected chi connectivity index (χ0v) is 10.8. The summed E-state index contributed by atoms with van der Waals surface area (Å²) in [6.07, 6.45) is 0. The fourth-order valence-electron chi connectivity index (χ4n) is 2.05. The Bertz CT molecular complexity index is 405. The van der Waals surface area contributed by atoms with Crippen LogP contribution in [0, 0.1) is 0 Å². The van der Waals surface area contributed by atoms with Gasteiger partial charge in [-0.05, 0) is 12.1 Å². The van der Waals surface area contributed by atoms with Crippen LogP contribution >= 0.6 is 0 Å². The summed E-state index contributed by atoms with van der Waals surface area (Å²) >= 11 is 0. The summed E-state index contributed by atoms with van der Waals surface area (Å²) in [7, 11) is 1.73. The van der Waals surface area contributed by atoms with Crippen molar-refractivity contribution in [3.8, 4) is 0 Å². The molecule has 1 aromatic rings. The van der Waals surface area contributed by atoms with Crippen molar-refractivity contribution in [2.75, 3.05) is 26.2 Å². The van der Waals surface area contributed by atoms with Crippen molar-refractivity contribution in [1.29, 1.82) is 0 Å². The number of aromatic nitrogens is 4. The number of carbonyl (C=O) groups excluding carboxylic acids is 1. The fraction of sp³-hybridized carbons (Fsp3) is 0.800. The number of carbonyl (C=O) groups is 1. The number of hydrogen-bond acceptors (Lipinski definition) is 6. The first-order chi connectivity index (χ1) is 8.70. The van der Waals surface area contributed by atoms with Crippen molar-refractivity contribution in [1.82, 2.24) is 35.7 Å². The van der Waals surface area contributed by atoms with Crippen molar-refractivity contribution < 1.29 is 4.79 Å². The lowest BCUT2D eigenvalue weighted by Crippen LogP contribution is -2.57. The summed E-state index contributed by atoms with van der Waals surface area (Å²) < 4.78 is 0. The number of aryl methyl sites for hydroxylation is 1. The van der Waals surface area contributed by atoms with Gasteiger partial charge >= 0.3 is 0 Å². The highest BCUT2D eigenvalue weighted by atomic mass is 16.2. The van der Waals surface area contributed by atoms with Gasteiger partial charge in [0.15, 0.2) is 5.82 Å². The molecule has 0 spiro atoms. The maximum absolute atomic E-state index is 11.9. The highest BCUT2D eigenvalue weighted by Gasteiger charge is 2.29. The molecule has 1 amide bonds. The largest absolute Gasteiger partial charge is 0.355 e. The van der Waals surface area contributed by atoms with E-state index < -0.39 is 0 Å². The lowest BCUT2D eigenvalue weighted by atomic mass is 10.1. The number of nitrogens with one attached hydrogen (secondary N) is 2. The predicted octanol–water partition coefficient (Wildman–Crippen LogP) is -1.88. The van der Waals surface area contributed by atoms with Crippen LogP contribution in [-0.4, -0.2) is 63.2 Å². The quantitative estimate of drug-likeness (QED) is 0.653. The SMILES string of the molecule is CCNC(=O)C1CNCCN1Cc1nnn(C)n1. The van der Waals surface area contributed by atoms with E-state index in [9.17, 15) is 4.79 Å². The second-order valence-electron chi connectivity index (χ2n) is 4.28. The third-order valence-electron chi connectivity index (χ3n) is 2.90. The van der Waals surface area contributed by atoms with Gasteiger partial charge in [-0.15, -0.1) is 10.2 Å². The monoisotopic (exact) mass is 253 g/mol. The van der Waals surface area contributed by atoms with E-state index in [-0.39, 0.29) is 11.9 Å². The van der Waals surface area contributed by atoms with E-state index in [2.05, 4.69) is 30.9 Å². The molecule has 0 aromatic carbocycles. The standard InChI is InChI=1S/C10H19N7O/c1-3-12-10(18)8-6-11-4-5-17(8)7-9-13-15-16(2)14-9/h8,11H,3-7H2,1-2H3,(H,12,18). The van der Waals surface area contributed by atoms with Crippen LogP contribution < -0.4 is 10.6 Å². The van der Waals surface area contributed by atoms with Gasteiger partial charge in [0.05, 0.1) is 13.6 Å². The first-order valence-electron chi connectivity index (χ1n) is 6.16. The van der Waals surface area contributed by atoms with E-state index in [0.29, 0.717) is 25.5 Å². The molecular weight excluding hydrogens is 234 g/mol. The molecule has 1 fully saturated rings. The van der Waals surface area contributed by atoms with Crippen molar-refractivity contribution in [2.24, 2.45) is 7.05 Å². The van der Waals surface area contributed by atoms with Gasteiger partial charge < -0.3 is 10.6 Å². The third-order valence-corrected chi connectivity index (χ3v) is 2.90. The van der Waals surface area contributed by atoms with Crippen LogP contribution in [0.1, 0.15) is 12.7 Å². The van der Waals surface area contributed by atoms with Crippen LogP contribution in [-0.2, 0) is 18.4 Å². The highest BCUT2D eigenvalue weighted by molar-refractivity contribution is 5.82. The summed E-state index contributed by atoms with van der Waals surface area (Å²) in [4.78, 5) is 15.5. The van der Waals surface area contributed by atoms with E-state index in [4.69, 9.17) is 0 Å². The predicted molar refractivity (Wildman–Crippen MR) is 64.5 cm³/mol. The van der Waals surface area contributed by atoms with Gasteiger partial charge in [0.25, 0.3) is 0 Å². The highest BCUT2D eigenvalue weighted by Crippen LogP contribution is 2.07. The molecule has 1 aliphatic rings. The number of hydrogen-bond donors (Lipinski definition) is 2. The molecule has 0 radical (unpaired) electrons. The van der Waals surface area contributed by atoms with E-state index in [1.165, 1.54) is 4.80 Å². The smallest absolute Gasteiger partial charge is 0.238 e. The molecule has 1 aromatic heterocycles. The molecule has 0 aliphatic carbocycles. The summed E-state index contributed by atoms with van der Waals surface area (Å²) in [6, 6.07) is -0.164. The molecule has 0 bridgehead atoms. The Kier molecular flexibility index (Phi) is 4.21. The molecule has 100 valence electrons. The van der Waals surface area contributed by atoms with Gasteiger partial charge in [0.2, 0.25) is 5.91 Å². The zero-order chi connectivity index (χ0) is 13.0. The van der Waals surface area contributed by atoms with Crippen molar-refractivity contribution in [2.45, 2.75) is 19.5 Å². The zero-order valence-electron chi connectivity index (χ0n) is 10.8. The maximum atomic E-state index is 11.9. The van der Waals surface area contributed by atoms with Crippen molar-refractivity contribution in [3.63, 3.8) is 0 Å². The van der Waals surface area contributed by atoms with Gasteiger partial charge in [-0.3, -0.25) is 9.69 Å². The minimum atomic E-state index is -0.164. The van der Waals surface area contributed by atoms with Crippen LogP contribution in [0.2, 0.25) is 0 Å². The maximum Gasteiger partial charge on any atom is 0.238 e. The minimum Gasteiger partial charge on any atom is -0.355 e. The van der Waals surface area contributed by atoms with Crippen LogP contribution in [0.5, 0.6) is 0 Å². The van der Waals surface area contributed by atoms with Gasteiger partial charge in [-0.2, -0.15) is 4.80 Å². The molecule has 18 heavy (non-hydrogen) atoms. The Hall–Kier alpha value is -1.54. The van der Waals surface area contributed by atoms with E-state index >= 15 is 0 Å². The van der Waals surface area contributed by atoms with Gasteiger partial charge in [0.1, 0.15) is 6.04 Å². The lowest BCUT2D eigenvalue weighted by Gasteiger charge is -2.34. The van der Waals surface area contributed by atoms with Crippen LogP contribution in [0.25, 0.3) is 0 Å². The van der Waals surface area contributed by atoms with Crippen LogP contribution in [0.4, 0.5) is 0 Å². The first kappa shape index (κ1) is 12.9. The molecule has 8 nitrogen and oxygen atoms in total. The summed E-state index contributed by atoms with van der Waals surface area (Å²) in [5, 5.41) is 18.0. The average molecular weight is 253 g/mol. The number of nitrogens with zero attached hydrogens (tertiary/aromatic N) is 5. The second-order valence-corrected chi connectivity index (χ2v) is 4.28. The fourth-order valence-corrected chi connectivity index (χ4v) is 2.05. The molecule has 0 saturated carbocycles. The Labute approximate surface area is 106 Å². The van der Waals surface area contributed by atoms with Gasteiger partial charge in [-0.25, -0.2) is 0 Å². The minimum absolute atomic E-state index is 0.0496. The van der Waals surface area contributed by atoms with Crippen LogP contribution in [0.15, 0.2) is 0 Å². The number of tetrazole rings is 1. The summed E-state index contributed by atoms with van der Waals surface area (Å²) in [6.45, 7) is 5.45. The summed E-state index contributed by atoms with van der Waals surface area (Å²) in [5.74, 6) is 0.697. The third kappa shape index (κ3) is 3.02. The molecule has 2 N–H and O–H groups in total. The molecular formula is C10H19N7O. The lowest BCUT2D eigenvalue weighted by molar-refractivity contribution is -0.127. The number of piperazine rings is 1. The second kappa shape index (κ2) is 5.87.